The van der Waals surface area contributed by atoms with Gasteiger partial charge in [-0.25, -0.2) is 0 Å². The molecule has 10 heteroatoms. The minimum Gasteiger partial charge on any atom is -0.548 e. The summed E-state index contributed by atoms with van der Waals surface area (Å²) in [5, 5.41) is 44.1. The first-order valence-corrected chi connectivity index (χ1v) is 8.21. The molecule has 3 N–H and O–H groups in total. The summed E-state index contributed by atoms with van der Waals surface area (Å²) in [6.45, 7) is 0. The number of nitro benzene ring substituents is 1. The zero-order chi connectivity index (χ0) is 21.6. The summed E-state index contributed by atoms with van der Waals surface area (Å²) in [6, 6.07) is 7.21. The average molecular weight is 401 g/mol. The highest BCUT2D eigenvalue weighted by Crippen LogP contribution is 2.26. The Kier molecular flexibility index (Phi) is 6.88. The van der Waals surface area contributed by atoms with Gasteiger partial charge in [-0.3, -0.25) is 14.9 Å². The van der Waals surface area contributed by atoms with Gasteiger partial charge in [-0.1, -0.05) is 18.2 Å². The summed E-state index contributed by atoms with van der Waals surface area (Å²) in [5.74, 6) is -2.53. The number of phenolic OH excluding ortho intramolecular Hbond substituents is 1. The van der Waals surface area contributed by atoms with E-state index >= 15 is 0 Å². The fourth-order valence-corrected chi connectivity index (χ4v) is 2.45. The van der Waals surface area contributed by atoms with Crippen LogP contribution in [0.4, 0.5) is 5.69 Å². The summed E-state index contributed by atoms with van der Waals surface area (Å²) in [4.78, 5) is 33.6. The molecule has 29 heavy (non-hydrogen) atoms. The molecule has 1 amide bonds. The number of carbonyl (C=O) groups is 2. The zero-order valence-corrected chi connectivity index (χ0v) is 15.1. The van der Waals surface area contributed by atoms with Gasteiger partial charge < -0.3 is 30.2 Å². The van der Waals surface area contributed by atoms with Crippen molar-refractivity contribution >= 4 is 23.6 Å². The van der Waals surface area contributed by atoms with E-state index in [0.717, 1.165) is 12.1 Å². The summed E-state index contributed by atoms with van der Waals surface area (Å²) in [7, 11) is 1.36. The van der Waals surface area contributed by atoms with Crippen LogP contribution in [0.5, 0.6) is 11.5 Å². The molecular formula is C19H17N2O8-. The van der Waals surface area contributed by atoms with Gasteiger partial charge >= 0.3 is 0 Å². The molecule has 0 saturated carbocycles. The number of non-ortho nitro benzene ring substituents is 1. The number of benzene rings is 2. The maximum atomic E-state index is 12.1. The smallest absolute Gasteiger partial charge is 0.269 e. The largest absolute Gasteiger partial charge is 0.548 e. The van der Waals surface area contributed by atoms with E-state index in [2.05, 4.69) is 5.32 Å². The number of carbonyl (C=O) groups excluding carboxylic acids is 2. The van der Waals surface area contributed by atoms with Crippen LogP contribution in [-0.4, -0.2) is 40.2 Å². The molecule has 152 valence electrons. The lowest BCUT2D eigenvalue weighted by Gasteiger charge is -2.24. The summed E-state index contributed by atoms with van der Waals surface area (Å²) >= 11 is 0. The van der Waals surface area contributed by atoms with Gasteiger partial charge in [0.1, 0.15) is 6.10 Å². The van der Waals surface area contributed by atoms with E-state index in [1.165, 1.54) is 49.6 Å². The summed E-state index contributed by atoms with van der Waals surface area (Å²) in [5.41, 5.74) is 0.0751. The second-order valence-electron chi connectivity index (χ2n) is 5.87. The van der Waals surface area contributed by atoms with Crippen LogP contribution in [0.2, 0.25) is 0 Å². The number of carboxylic acids is 1. The third-order valence-electron chi connectivity index (χ3n) is 3.92. The molecule has 0 fully saturated rings. The average Bonchev–Trinajstić information content (AvgIpc) is 2.70. The first kappa shape index (κ1) is 21.4. The predicted octanol–water partition coefficient (Wildman–Crippen LogP) is 0.291. The van der Waals surface area contributed by atoms with Gasteiger partial charge in [-0.05, 0) is 29.3 Å². The molecule has 0 radical (unpaired) electrons. The molecule has 0 aromatic heterocycles. The number of aliphatic hydroxyl groups is 1. The van der Waals surface area contributed by atoms with Crippen LogP contribution in [0.25, 0.3) is 6.08 Å². The Balaban J connectivity index is 2.15. The number of nitrogens with one attached hydrogen (secondary N) is 1. The van der Waals surface area contributed by atoms with Gasteiger partial charge in [0.25, 0.3) is 5.69 Å². The van der Waals surface area contributed by atoms with Crippen LogP contribution in [0.15, 0.2) is 48.5 Å². The van der Waals surface area contributed by atoms with E-state index in [1.54, 1.807) is 0 Å². The number of ether oxygens (including phenoxy) is 1. The van der Waals surface area contributed by atoms with Crippen molar-refractivity contribution < 1.29 is 34.6 Å². The number of aliphatic hydroxyl groups excluding tert-OH is 1. The van der Waals surface area contributed by atoms with Gasteiger partial charge in [0.15, 0.2) is 11.5 Å². The zero-order valence-electron chi connectivity index (χ0n) is 15.1. The molecule has 2 atom stereocenters. The third-order valence-corrected chi connectivity index (χ3v) is 3.92. The fraction of sp³-hybridized carbons (Fsp3) is 0.158. The maximum absolute atomic E-state index is 12.1. The molecule has 0 unspecified atom stereocenters. The number of aliphatic carboxylic acids is 1. The van der Waals surface area contributed by atoms with Crippen molar-refractivity contribution in [3.63, 3.8) is 0 Å². The fourth-order valence-electron chi connectivity index (χ4n) is 2.45. The number of phenols is 1. The van der Waals surface area contributed by atoms with Crippen molar-refractivity contribution in [2.45, 2.75) is 12.1 Å². The molecule has 0 saturated heterocycles. The molecule has 2 rings (SSSR count). The standard InChI is InChI=1S/C19H18N2O8/c1-29-15-9-11(5-7-14(15)22)6-8-16(23)20-17(19(25)26)18(24)12-3-2-4-13(10-12)21(27)28/h2-10,17-18,22,24H,1H3,(H,20,23)(H,25,26)/p-1/b8-6+/t17-,18+/m1/s1. The van der Waals surface area contributed by atoms with Crippen LogP contribution in [0.1, 0.15) is 17.2 Å². The second kappa shape index (κ2) is 9.33. The van der Waals surface area contributed by atoms with Gasteiger partial charge in [-0.2, -0.15) is 0 Å². The molecular weight excluding hydrogens is 384 g/mol. The van der Waals surface area contributed by atoms with Crippen molar-refractivity contribution in [2.24, 2.45) is 0 Å². The minimum atomic E-state index is -1.84. The first-order valence-electron chi connectivity index (χ1n) is 8.21. The van der Waals surface area contributed by atoms with Crippen LogP contribution in [0, 0.1) is 10.1 Å². The number of aromatic hydroxyl groups is 1. The number of hydrogen-bond acceptors (Lipinski definition) is 8. The van der Waals surface area contributed by atoms with Crippen LogP contribution in [-0.2, 0) is 9.59 Å². The van der Waals surface area contributed by atoms with Crippen LogP contribution >= 0.6 is 0 Å². The second-order valence-corrected chi connectivity index (χ2v) is 5.87. The molecule has 2 aromatic carbocycles. The molecule has 0 spiro atoms. The van der Waals surface area contributed by atoms with Crippen LogP contribution < -0.4 is 15.2 Å². The molecule has 2 aromatic rings. The van der Waals surface area contributed by atoms with E-state index < -0.39 is 28.9 Å². The first-order chi connectivity index (χ1) is 13.7. The highest BCUT2D eigenvalue weighted by Gasteiger charge is 2.24. The van der Waals surface area contributed by atoms with Crippen LogP contribution in [0.3, 0.4) is 0 Å². The Morgan fingerprint density at radius 3 is 2.59 bits per heavy atom. The number of nitro groups is 1. The van der Waals surface area contributed by atoms with E-state index in [1.807, 2.05) is 0 Å². The molecule has 0 aliphatic rings. The van der Waals surface area contributed by atoms with Gasteiger partial charge in [0, 0.05) is 18.2 Å². The Labute approximate surface area is 164 Å². The van der Waals surface area contributed by atoms with Gasteiger partial charge in [0.05, 0.1) is 24.0 Å². The van der Waals surface area contributed by atoms with Gasteiger partial charge in [0.2, 0.25) is 5.91 Å². The summed E-state index contributed by atoms with van der Waals surface area (Å²) in [6.07, 6.45) is 0.580. The van der Waals surface area contributed by atoms with Gasteiger partial charge in [-0.15, -0.1) is 0 Å². The Hall–Kier alpha value is -3.92. The van der Waals surface area contributed by atoms with Crippen molar-refractivity contribution in [3.05, 3.63) is 69.8 Å². The Morgan fingerprint density at radius 1 is 1.24 bits per heavy atom. The number of amides is 1. The van der Waals surface area contributed by atoms with E-state index in [0.29, 0.717) is 5.56 Å². The SMILES string of the molecule is COc1cc(/C=C/C(=O)N[C@@H](C(=O)[O-])[C@@H](O)c2cccc([N+](=O)[O-])c2)ccc1O. The van der Waals surface area contributed by atoms with Crippen molar-refractivity contribution in [2.75, 3.05) is 7.11 Å². The molecule has 10 nitrogen and oxygen atoms in total. The lowest BCUT2D eigenvalue weighted by molar-refractivity contribution is -0.385. The Morgan fingerprint density at radius 2 is 1.97 bits per heavy atom. The quantitative estimate of drug-likeness (QED) is 0.323. The predicted molar refractivity (Wildman–Crippen MR) is 98.7 cm³/mol. The molecule has 0 heterocycles. The third kappa shape index (κ3) is 5.53. The lowest BCUT2D eigenvalue weighted by Crippen LogP contribution is -2.50. The molecule has 0 aliphatic heterocycles. The molecule has 0 aliphatic carbocycles. The topological polar surface area (TPSA) is 162 Å². The number of hydrogen-bond donors (Lipinski definition) is 3. The van der Waals surface area contributed by atoms with Crippen molar-refractivity contribution in [1.82, 2.24) is 5.32 Å². The number of methoxy groups -OCH3 is 1. The minimum absolute atomic E-state index is 0.0686. The van der Waals surface area contributed by atoms with Crippen molar-refractivity contribution in [3.8, 4) is 11.5 Å². The monoisotopic (exact) mass is 401 g/mol. The molecule has 0 bridgehead atoms. The summed E-state index contributed by atoms with van der Waals surface area (Å²) < 4.78 is 4.94. The van der Waals surface area contributed by atoms with E-state index in [-0.39, 0.29) is 22.7 Å². The number of rotatable bonds is 8. The normalized spacial score (nSPS) is 12.9. The number of carboxylic acid groups (broad SMARTS) is 1. The lowest BCUT2D eigenvalue weighted by atomic mass is 10.0. The van der Waals surface area contributed by atoms with Crippen molar-refractivity contribution in [1.29, 1.82) is 0 Å². The highest BCUT2D eigenvalue weighted by atomic mass is 16.6. The Bertz CT molecular complexity index is 957. The van der Waals surface area contributed by atoms with E-state index in [4.69, 9.17) is 4.74 Å². The number of nitrogens with zero attached hydrogens (tertiary/aromatic N) is 1. The highest BCUT2D eigenvalue weighted by molar-refractivity contribution is 5.94. The van der Waals surface area contributed by atoms with E-state index in [9.17, 15) is 35.0 Å². The maximum Gasteiger partial charge on any atom is 0.269 e.